The molecule has 8 heteroatoms. The molecule has 2 aromatic rings. The molecule has 84 valence electrons. The molecule has 16 heavy (non-hydrogen) atoms. The average molecular weight is 223 g/mol. The van der Waals surface area contributed by atoms with Crippen molar-refractivity contribution in [2.75, 3.05) is 5.32 Å². The maximum Gasteiger partial charge on any atom is 0.366 e. The SMILES string of the molecule is Cc1cc(CNc2cn[nH]c2[N+](=O)[O-])no1. The molecular formula is C8H9N5O3. The summed E-state index contributed by atoms with van der Waals surface area (Å²) in [5.74, 6) is 0.527. The smallest absolute Gasteiger partial charge is 0.366 e. The van der Waals surface area contributed by atoms with E-state index in [2.05, 4.69) is 20.7 Å². The molecule has 0 aliphatic carbocycles. The quantitative estimate of drug-likeness (QED) is 0.595. The fourth-order valence-electron chi connectivity index (χ4n) is 1.23. The third-order valence-corrected chi connectivity index (χ3v) is 1.94. The van der Waals surface area contributed by atoms with Crippen molar-refractivity contribution in [1.29, 1.82) is 0 Å². The first kappa shape index (κ1) is 10.1. The fraction of sp³-hybridized carbons (Fsp3) is 0.250. The zero-order chi connectivity index (χ0) is 11.5. The minimum absolute atomic E-state index is 0.166. The molecule has 0 aliphatic rings. The van der Waals surface area contributed by atoms with Gasteiger partial charge in [-0.05, 0) is 11.8 Å². The summed E-state index contributed by atoms with van der Waals surface area (Å²) in [5, 5.41) is 23.0. The van der Waals surface area contributed by atoms with E-state index < -0.39 is 4.92 Å². The Hall–Kier alpha value is -2.38. The highest BCUT2D eigenvalue weighted by Gasteiger charge is 2.14. The molecule has 0 saturated heterocycles. The van der Waals surface area contributed by atoms with Gasteiger partial charge in [0.05, 0.1) is 6.54 Å². The van der Waals surface area contributed by atoms with Crippen molar-refractivity contribution in [3.8, 4) is 0 Å². The van der Waals surface area contributed by atoms with Crippen molar-refractivity contribution in [2.24, 2.45) is 0 Å². The molecule has 8 nitrogen and oxygen atoms in total. The number of anilines is 1. The van der Waals surface area contributed by atoms with E-state index in [0.29, 0.717) is 23.7 Å². The summed E-state index contributed by atoms with van der Waals surface area (Å²) in [7, 11) is 0. The van der Waals surface area contributed by atoms with Crippen molar-refractivity contribution in [1.82, 2.24) is 15.4 Å². The summed E-state index contributed by atoms with van der Waals surface area (Å²) in [6.45, 7) is 2.12. The molecule has 0 aliphatic heterocycles. The van der Waals surface area contributed by atoms with Crippen molar-refractivity contribution >= 4 is 11.5 Å². The predicted octanol–water partition coefficient (Wildman–Crippen LogP) is 1.23. The number of rotatable bonds is 4. The molecule has 0 aromatic carbocycles. The second-order valence-corrected chi connectivity index (χ2v) is 3.17. The van der Waals surface area contributed by atoms with Crippen LogP contribution in [-0.2, 0) is 6.54 Å². The van der Waals surface area contributed by atoms with Crippen LogP contribution in [-0.4, -0.2) is 20.3 Å². The van der Waals surface area contributed by atoms with E-state index in [-0.39, 0.29) is 5.82 Å². The van der Waals surface area contributed by atoms with Gasteiger partial charge in [-0.15, -0.1) is 5.10 Å². The normalized spacial score (nSPS) is 10.3. The predicted molar refractivity (Wildman–Crippen MR) is 53.8 cm³/mol. The van der Waals surface area contributed by atoms with Gasteiger partial charge >= 0.3 is 5.82 Å². The Bertz CT molecular complexity index is 503. The molecule has 0 atom stereocenters. The van der Waals surface area contributed by atoms with E-state index in [4.69, 9.17) is 4.52 Å². The number of hydrogen-bond donors (Lipinski definition) is 2. The summed E-state index contributed by atoms with van der Waals surface area (Å²) in [4.78, 5) is 10.0. The number of H-pyrrole nitrogens is 1. The summed E-state index contributed by atoms with van der Waals surface area (Å²) in [6.07, 6.45) is 1.35. The van der Waals surface area contributed by atoms with Crippen LogP contribution in [0.1, 0.15) is 11.5 Å². The van der Waals surface area contributed by atoms with E-state index in [1.807, 2.05) is 0 Å². The lowest BCUT2D eigenvalue weighted by Gasteiger charge is -1.99. The second kappa shape index (κ2) is 4.01. The Kier molecular flexibility index (Phi) is 2.54. The maximum atomic E-state index is 10.6. The third-order valence-electron chi connectivity index (χ3n) is 1.94. The van der Waals surface area contributed by atoms with Gasteiger partial charge in [-0.2, -0.15) is 0 Å². The Balaban J connectivity index is 2.04. The van der Waals surface area contributed by atoms with Gasteiger partial charge in [0.2, 0.25) is 0 Å². The van der Waals surface area contributed by atoms with Crippen molar-refractivity contribution in [2.45, 2.75) is 13.5 Å². The monoisotopic (exact) mass is 223 g/mol. The van der Waals surface area contributed by atoms with Gasteiger partial charge in [0.25, 0.3) is 0 Å². The highest BCUT2D eigenvalue weighted by molar-refractivity contribution is 5.55. The maximum absolute atomic E-state index is 10.6. The van der Waals surface area contributed by atoms with Gasteiger partial charge < -0.3 is 20.0 Å². The Morgan fingerprint density at radius 2 is 2.50 bits per heavy atom. The zero-order valence-electron chi connectivity index (χ0n) is 8.43. The van der Waals surface area contributed by atoms with Crippen LogP contribution in [0.3, 0.4) is 0 Å². The summed E-state index contributed by atoms with van der Waals surface area (Å²) in [6, 6.07) is 1.75. The minimum Gasteiger partial charge on any atom is -0.371 e. The highest BCUT2D eigenvalue weighted by atomic mass is 16.6. The molecule has 0 bridgehead atoms. The van der Waals surface area contributed by atoms with Crippen LogP contribution in [0, 0.1) is 17.0 Å². The van der Waals surface area contributed by atoms with Crippen LogP contribution in [0.4, 0.5) is 11.5 Å². The number of nitrogens with zero attached hydrogens (tertiary/aromatic N) is 3. The average Bonchev–Trinajstić information content (AvgIpc) is 2.83. The number of aromatic amines is 1. The zero-order valence-corrected chi connectivity index (χ0v) is 8.43. The number of aromatic nitrogens is 3. The Labute approximate surface area is 89.8 Å². The molecule has 0 fully saturated rings. The van der Waals surface area contributed by atoms with Crippen molar-refractivity contribution in [3.05, 3.63) is 33.8 Å². The first-order chi connectivity index (χ1) is 7.66. The van der Waals surface area contributed by atoms with Gasteiger partial charge in [-0.25, -0.2) is 0 Å². The van der Waals surface area contributed by atoms with E-state index >= 15 is 0 Å². The van der Waals surface area contributed by atoms with Gasteiger partial charge in [0, 0.05) is 6.07 Å². The summed E-state index contributed by atoms with van der Waals surface area (Å²) in [5.41, 5.74) is 0.999. The molecule has 0 radical (unpaired) electrons. The first-order valence-corrected chi connectivity index (χ1v) is 4.50. The van der Waals surface area contributed by atoms with E-state index in [9.17, 15) is 10.1 Å². The number of hydrogen-bond acceptors (Lipinski definition) is 6. The first-order valence-electron chi connectivity index (χ1n) is 4.50. The molecule has 2 aromatic heterocycles. The lowest BCUT2D eigenvalue weighted by atomic mass is 10.3. The van der Waals surface area contributed by atoms with Crippen molar-refractivity contribution in [3.63, 3.8) is 0 Å². The Morgan fingerprint density at radius 1 is 1.69 bits per heavy atom. The molecular weight excluding hydrogens is 214 g/mol. The molecule has 2 rings (SSSR count). The van der Waals surface area contributed by atoms with Crippen LogP contribution in [0.2, 0.25) is 0 Å². The Morgan fingerprint density at radius 3 is 3.12 bits per heavy atom. The van der Waals surface area contributed by atoms with E-state index in [1.165, 1.54) is 6.20 Å². The van der Waals surface area contributed by atoms with E-state index in [0.717, 1.165) is 0 Å². The minimum atomic E-state index is -0.538. The molecule has 0 spiro atoms. The van der Waals surface area contributed by atoms with Crippen LogP contribution >= 0.6 is 0 Å². The molecule has 2 N–H and O–H groups in total. The van der Waals surface area contributed by atoms with Gasteiger partial charge in [0.15, 0.2) is 5.69 Å². The van der Waals surface area contributed by atoms with Gasteiger partial charge in [-0.1, -0.05) is 10.3 Å². The van der Waals surface area contributed by atoms with Crippen molar-refractivity contribution < 1.29 is 9.45 Å². The van der Waals surface area contributed by atoms with Crippen LogP contribution < -0.4 is 5.32 Å². The largest absolute Gasteiger partial charge is 0.371 e. The molecule has 2 heterocycles. The van der Waals surface area contributed by atoms with Gasteiger partial charge in [0.1, 0.15) is 17.7 Å². The number of aryl methyl sites for hydroxylation is 1. The van der Waals surface area contributed by atoms with Crippen LogP contribution in [0.5, 0.6) is 0 Å². The van der Waals surface area contributed by atoms with Crippen LogP contribution in [0.25, 0.3) is 0 Å². The third kappa shape index (κ3) is 2.00. The standard InChI is InChI=1S/C8H9N5O3/c1-5-2-6(12-16-5)3-9-7-4-10-11-8(7)13(14)15/h2,4,9H,3H2,1H3,(H,10,11). The number of nitrogens with one attached hydrogen (secondary N) is 2. The summed E-state index contributed by atoms with van der Waals surface area (Å²) < 4.78 is 4.86. The fourth-order valence-corrected chi connectivity index (χ4v) is 1.23. The lowest BCUT2D eigenvalue weighted by molar-refractivity contribution is -0.388. The second-order valence-electron chi connectivity index (χ2n) is 3.17. The highest BCUT2D eigenvalue weighted by Crippen LogP contribution is 2.20. The lowest BCUT2D eigenvalue weighted by Crippen LogP contribution is -2.01. The summed E-state index contributed by atoms with van der Waals surface area (Å²) >= 11 is 0. The number of nitro groups is 1. The van der Waals surface area contributed by atoms with Crippen LogP contribution in [0.15, 0.2) is 16.8 Å². The van der Waals surface area contributed by atoms with Gasteiger partial charge in [-0.3, -0.25) is 0 Å². The topological polar surface area (TPSA) is 110 Å². The molecule has 0 amide bonds. The van der Waals surface area contributed by atoms with E-state index in [1.54, 1.807) is 13.0 Å². The molecule has 0 unspecified atom stereocenters. The molecule has 0 saturated carbocycles.